The number of nitrogens with zero attached hydrogens (tertiary/aromatic N) is 2. The molecule has 1 amide bonds. The van der Waals surface area contributed by atoms with E-state index in [4.69, 9.17) is 4.42 Å². The van der Waals surface area contributed by atoms with E-state index in [-0.39, 0.29) is 10.8 Å². The third-order valence-corrected chi connectivity index (χ3v) is 7.95. The van der Waals surface area contributed by atoms with Gasteiger partial charge >= 0.3 is 0 Å². The maximum Gasteiger partial charge on any atom is 0.255 e. The van der Waals surface area contributed by atoms with Crippen LogP contribution in [0.5, 0.6) is 0 Å². The minimum atomic E-state index is -3.57. The second-order valence-corrected chi connectivity index (χ2v) is 10.6. The summed E-state index contributed by atoms with van der Waals surface area (Å²) in [6.45, 7) is 3.12. The molecule has 8 heteroatoms. The van der Waals surface area contributed by atoms with Crippen LogP contribution in [-0.4, -0.2) is 36.7 Å². The van der Waals surface area contributed by atoms with E-state index in [1.54, 1.807) is 6.07 Å². The van der Waals surface area contributed by atoms with Gasteiger partial charge in [-0.15, -0.1) is 0 Å². The molecule has 1 aromatic heterocycles. The molecule has 0 radical (unpaired) electrons. The maximum absolute atomic E-state index is 13.0. The third kappa shape index (κ3) is 4.34. The number of oxazole rings is 1. The molecule has 1 aliphatic heterocycles. The average molecular weight is 476 g/mol. The molecule has 34 heavy (non-hydrogen) atoms. The minimum Gasteiger partial charge on any atom is -0.436 e. The predicted molar refractivity (Wildman–Crippen MR) is 131 cm³/mol. The van der Waals surface area contributed by atoms with Crippen LogP contribution in [0.15, 0.2) is 82.1 Å². The molecule has 7 nitrogen and oxygen atoms in total. The van der Waals surface area contributed by atoms with E-state index in [0.29, 0.717) is 47.3 Å². The molecular weight excluding hydrogens is 450 g/mol. The van der Waals surface area contributed by atoms with Crippen molar-refractivity contribution in [3.05, 3.63) is 78.4 Å². The lowest BCUT2D eigenvalue weighted by Gasteiger charge is -2.30. The maximum atomic E-state index is 13.0. The van der Waals surface area contributed by atoms with Crippen LogP contribution < -0.4 is 5.32 Å². The number of sulfonamides is 1. The molecule has 1 atom stereocenters. The van der Waals surface area contributed by atoms with E-state index < -0.39 is 10.0 Å². The fraction of sp³-hybridized carbons (Fsp3) is 0.231. The van der Waals surface area contributed by atoms with Gasteiger partial charge in [0.05, 0.1) is 16.1 Å². The second-order valence-electron chi connectivity index (χ2n) is 8.62. The number of amides is 1. The van der Waals surface area contributed by atoms with Crippen molar-refractivity contribution < 1.29 is 17.6 Å². The highest BCUT2D eigenvalue weighted by atomic mass is 32.2. The van der Waals surface area contributed by atoms with Crippen molar-refractivity contribution >= 4 is 32.7 Å². The Morgan fingerprint density at radius 3 is 2.53 bits per heavy atom. The first kappa shape index (κ1) is 22.3. The molecule has 0 bridgehead atoms. The standard InChI is InChI=1S/C26H25N3O4S/c1-18-7-6-16-29(17-18)34(31,32)20-14-12-19(13-15-20)25(30)27-22-9-3-2-8-21(22)26-28-23-10-4-5-11-24(23)33-26/h2-5,8-15,18H,6-7,16-17H2,1H3,(H,27,30). The average Bonchev–Trinajstić information content (AvgIpc) is 3.28. The Morgan fingerprint density at radius 2 is 1.76 bits per heavy atom. The van der Waals surface area contributed by atoms with Gasteiger partial charge in [-0.1, -0.05) is 31.2 Å². The minimum absolute atomic E-state index is 0.199. The molecule has 2 heterocycles. The van der Waals surface area contributed by atoms with Gasteiger partial charge in [-0.2, -0.15) is 4.31 Å². The van der Waals surface area contributed by atoms with Crippen molar-refractivity contribution in [2.24, 2.45) is 5.92 Å². The summed E-state index contributed by atoms with van der Waals surface area (Å²) in [4.78, 5) is 17.7. The van der Waals surface area contributed by atoms with Crippen LogP contribution in [0.4, 0.5) is 5.69 Å². The van der Waals surface area contributed by atoms with E-state index in [1.807, 2.05) is 42.5 Å². The number of aromatic nitrogens is 1. The molecule has 4 aromatic rings. The summed E-state index contributed by atoms with van der Waals surface area (Å²) < 4.78 is 33.4. The van der Waals surface area contributed by atoms with Gasteiger partial charge in [-0.3, -0.25) is 4.79 Å². The predicted octanol–water partition coefficient (Wildman–Crippen LogP) is 5.17. The molecule has 1 fully saturated rings. The normalized spacial score (nSPS) is 17.0. The zero-order valence-corrected chi connectivity index (χ0v) is 19.6. The molecule has 1 aliphatic rings. The molecule has 5 rings (SSSR count). The molecule has 0 aliphatic carbocycles. The second kappa shape index (κ2) is 9.04. The zero-order chi connectivity index (χ0) is 23.7. The number of para-hydroxylation sites is 3. The summed E-state index contributed by atoms with van der Waals surface area (Å²) >= 11 is 0. The fourth-order valence-corrected chi connectivity index (χ4v) is 5.85. The van der Waals surface area contributed by atoms with Crippen LogP contribution in [0, 0.1) is 5.92 Å². The van der Waals surface area contributed by atoms with Crippen LogP contribution in [-0.2, 0) is 10.0 Å². The van der Waals surface area contributed by atoms with Crippen LogP contribution in [0.25, 0.3) is 22.6 Å². The van der Waals surface area contributed by atoms with Gasteiger partial charge < -0.3 is 9.73 Å². The highest BCUT2D eigenvalue weighted by Gasteiger charge is 2.28. The van der Waals surface area contributed by atoms with Crippen LogP contribution in [0.1, 0.15) is 30.1 Å². The summed E-state index contributed by atoms with van der Waals surface area (Å²) in [5.74, 6) is 0.406. The Bertz CT molecular complexity index is 1410. The number of anilines is 1. The summed E-state index contributed by atoms with van der Waals surface area (Å²) in [7, 11) is -3.57. The van der Waals surface area contributed by atoms with Crippen molar-refractivity contribution in [1.82, 2.24) is 9.29 Å². The summed E-state index contributed by atoms with van der Waals surface area (Å²) in [5, 5.41) is 2.90. The van der Waals surface area contributed by atoms with Gasteiger partial charge in [0.25, 0.3) is 5.91 Å². The number of hydrogen-bond acceptors (Lipinski definition) is 5. The molecule has 0 spiro atoms. The Kier molecular flexibility index (Phi) is 5.93. The zero-order valence-electron chi connectivity index (χ0n) is 18.8. The molecule has 0 saturated carbocycles. The number of hydrogen-bond donors (Lipinski definition) is 1. The molecule has 174 valence electrons. The Balaban J connectivity index is 1.36. The van der Waals surface area contributed by atoms with Gasteiger partial charge in [-0.25, -0.2) is 13.4 Å². The Labute approximate surface area is 198 Å². The summed E-state index contributed by atoms with van der Waals surface area (Å²) in [5.41, 5.74) is 2.97. The number of rotatable bonds is 5. The first-order valence-corrected chi connectivity index (χ1v) is 12.7. The van der Waals surface area contributed by atoms with Gasteiger partial charge in [-0.05, 0) is 67.3 Å². The highest BCUT2D eigenvalue weighted by molar-refractivity contribution is 7.89. The van der Waals surface area contributed by atoms with E-state index in [0.717, 1.165) is 18.4 Å². The summed E-state index contributed by atoms with van der Waals surface area (Å²) in [6, 6.07) is 20.8. The van der Waals surface area contributed by atoms with Gasteiger partial charge in [0.2, 0.25) is 15.9 Å². The monoisotopic (exact) mass is 475 g/mol. The van der Waals surface area contributed by atoms with Crippen molar-refractivity contribution in [1.29, 1.82) is 0 Å². The lowest BCUT2D eigenvalue weighted by Crippen LogP contribution is -2.39. The molecule has 3 aromatic carbocycles. The van der Waals surface area contributed by atoms with Crippen molar-refractivity contribution in [2.75, 3.05) is 18.4 Å². The SMILES string of the molecule is CC1CCCN(S(=O)(=O)c2ccc(C(=O)Nc3ccccc3-c3nc4ccccc4o3)cc2)C1. The Morgan fingerprint density at radius 1 is 1.03 bits per heavy atom. The first-order valence-electron chi connectivity index (χ1n) is 11.3. The number of carbonyl (C=O) groups is 1. The largest absolute Gasteiger partial charge is 0.436 e. The van der Waals surface area contributed by atoms with Crippen molar-refractivity contribution in [2.45, 2.75) is 24.7 Å². The first-order chi connectivity index (χ1) is 16.4. The number of fused-ring (bicyclic) bond motifs is 1. The van der Waals surface area contributed by atoms with Crippen LogP contribution in [0.3, 0.4) is 0 Å². The highest BCUT2D eigenvalue weighted by Crippen LogP contribution is 2.30. The number of carbonyl (C=O) groups excluding carboxylic acids is 1. The molecule has 1 unspecified atom stereocenters. The lowest BCUT2D eigenvalue weighted by atomic mass is 10.0. The van der Waals surface area contributed by atoms with Crippen molar-refractivity contribution in [3.63, 3.8) is 0 Å². The molecule has 1 saturated heterocycles. The lowest BCUT2D eigenvalue weighted by molar-refractivity contribution is 0.102. The molecule has 1 N–H and O–H groups in total. The number of benzene rings is 3. The topological polar surface area (TPSA) is 92.5 Å². The molecular formula is C26H25N3O4S. The summed E-state index contributed by atoms with van der Waals surface area (Å²) in [6.07, 6.45) is 1.90. The smallest absolute Gasteiger partial charge is 0.255 e. The number of piperidine rings is 1. The van der Waals surface area contributed by atoms with Gasteiger partial charge in [0, 0.05) is 18.7 Å². The number of nitrogens with one attached hydrogen (secondary N) is 1. The van der Waals surface area contributed by atoms with Gasteiger partial charge in [0.1, 0.15) is 5.52 Å². The van der Waals surface area contributed by atoms with Crippen LogP contribution in [0.2, 0.25) is 0 Å². The van der Waals surface area contributed by atoms with E-state index >= 15 is 0 Å². The Hall–Kier alpha value is -3.49. The van der Waals surface area contributed by atoms with E-state index in [1.165, 1.54) is 28.6 Å². The third-order valence-electron chi connectivity index (χ3n) is 6.07. The van der Waals surface area contributed by atoms with Crippen LogP contribution >= 0.6 is 0 Å². The van der Waals surface area contributed by atoms with Gasteiger partial charge in [0.15, 0.2) is 5.58 Å². The fourth-order valence-electron chi connectivity index (χ4n) is 4.25. The van der Waals surface area contributed by atoms with E-state index in [9.17, 15) is 13.2 Å². The van der Waals surface area contributed by atoms with Crippen molar-refractivity contribution in [3.8, 4) is 11.5 Å². The van der Waals surface area contributed by atoms with E-state index in [2.05, 4.69) is 17.2 Å². The quantitative estimate of drug-likeness (QED) is 0.430.